The van der Waals surface area contributed by atoms with Crippen LogP contribution in [0.1, 0.15) is 68.2 Å². The number of esters is 1. The Balaban J connectivity index is 0.000000639. The number of carbonyl (C=O) groups excluding carboxylic acids is 4. The van der Waals surface area contributed by atoms with Gasteiger partial charge in [-0.3, -0.25) is 4.79 Å². The van der Waals surface area contributed by atoms with E-state index in [1.54, 1.807) is 25.3 Å². The van der Waals surface area contributed by atoms with Crippen LogP contribution in [0, 0.1) is 13.8 Å². The third kappa shape index (κ3) is 10.8. The minimum Gasteiger partial charge on any atom is -0.508 e. The number of aromatic hydroxyl groups is 1. The first-order valence-corrected chi connectivity index (χ1v) is 14.9. The number of anilines is 1. The fraction of sp³-hybridized carbons (Fsp3) is 0.297. The van der Waals surface area contributed by atoms with Gasteiger partial charge in [-0.15, -0.1) is 0 Å². The number of dihydropyridines is 1. The van der Waals surface area contributed by atoms with Gasteiger partial charge in [-0.25, -0.2) is 4.79 Å². The summed E-state index contributed by atoms with van der Waals surface area (Å²) in [6.45, 7) is 13.9. The van der Waals surface area contributed by atoms with Gasteiger partial charge in [-0.1, -0.05) is 56.3 Å². The second kappa shape index (κ2) is 20.0. The number of phenols is 1. The number of hydrogen-bond donors (Lipinski definition) is 3. The average Bonchev–Trinajstić information content (AvgIpc) is 3.07. The van der Waals surface area contributed by atoms with Crippen molar-refractivity contribution in [3.63, 3.8) is 0 Å². The lowest BCUT2D eigenvalue weighted by Crippen LogP contribution is -2.31. The summed E-state index contributed by atoms with van der Waals surface area (Å²) in [4.78, 5) is 41.8. The van der Waals surface area contributed by atoms with Crippen LogP contribution in [0.4, 0.5) is 5.69 Å². The molecule has 4 N–H and O–H groups in total. The molecule has 46 heavy (non-hydrogen) atoms. The zero-order valence-electron chi connectivity index (χ0n) is 27.6. The number of methoxy groups -OCH3 is 1. The van der Waals surface area contributed by atoms with E-state index in [0.717, 1.165) is 39.4 Å². The minimum absolute atomic E-state index is 0.0416. The van der Waals surface area contributed by atoms with Gasteiger partial charge in [0.15, 0.2) is 5.78 Å². The van der Waals surface area contributed by atoms with E-state index in [1.165, 1.54) is 0 Å². The average molecular weight is 631 g/mol. The van der Waals surface area contributed by atoms with Gasteiger partial charge >= 0.3 is 5.97 Å². The maximum atomic E-state index is 13.0. The molecule has 0 saturated carbocycles. The number of benzene rings is 3. The Hall–Kier alpha value is -5.18. The summed E-state index contributed by atoms with van der Waals surface area (Å²) in [6.07, 6.45) is 1.39. The van der Waals surface area contributed by atoms with Crippen LogP contribution >= 0.6 is 0 Å². The first-order chi connectivity index (χ1) is 22.2. The Labute approximate surface area is 272 Å². The van der Waals surface area contributed by atoms with Crippen molar-refractivity contribution in [1.82, 2.24) is 5.32 Å². The number of phenolic OH excluding ortho intramolecular Hbond substituents is 1. The number of ketones is 1. The van der Waals surface area contributed by atoms with Gasteiger partial charge in [0.1, 0.15) is 31.7 Å². The number of aryl methyl sites for hydroxylation is 2. The number of hydrogen-bond acceptors (Lipinski definition) is 9. The van der Waals surface area contributed by atoms with Crippen LogP contribution in [0.25, 0.3) is 0 Å². The predicted molar refractivity (Wildman–Crippen MR) is 181 cm³/mol. The van der Waals surface area contributed by atoms with Crippen molar-refractivity contribution in [1.29, 1.82) is 0 Å². The SMILES string of the molecule is C=O.C=O.CC.COc1ccccc1[C@H]1CC(=O)C2=C(C1)NC(C)=C(C(=O)OCc1ccc(N)c(C)c1)C2.Cc1cccc(O)c1. The van der Waals surface area contributed by atoms with Gasteiger partial charge in [0.05, 0.1) is 12.7 Å². The number of rotatable bonds is 5. The van der Waals surface area contributed by atoms with Gasteiger partial charge in [0.25, 0.3) is 0 Å². The molecule has 9 nitrogen and oxygen atoms in total. The Morgan fingerprint density at radius 3 is 2.22 bits per heavy atom. The minimum atomic E-state index is -0.407. The molecule has 246 valence electrons. The van der Waals surface area contributed by atoms with Gasteiger partial charge in [-0.05, 0) is 73.7 Å². The first-order valence-electron chi connectivity index (χ1n) is 14.9. The highest BCUT2D eigenvalue weighted by atomic mass is 16.5. The highest BCUT2D eigenvalue weighted by molar-refractivity contribution is 6.01. The molecule has 3 aromatic carbocycles. The summed E-state index contributed by atoms with van der Waals surface area (Å²) in [6, 6.07) is 20.5. The number of allylic oxidation sites excluding steroid dienone is 3. The zero-order chi connectivity index (χ0) is 34.8. The first kappa shape index (κ1) is 38.8. The smallest absolute Gasteiger partial charge is 0.336 e. The second-order valence-electron chi connectivity index (χ2n) is 10.2. The highest BCUT2D eigenvalue weighted by Crippen LogP contribution is 2.41. The number of nitrogens with two attached hydrogens (primary N) is 1. The van der Waals surface area contributed by atoms with Crippen LogP contribution in [0.2, 0.25) is 0 Å². The largest absolute Gasteiger partial charge is 0.508 e. The zero-order valence-corrected chi connectivity index (χ0v) is 27.6. The molecule has 0 fully saturated rings. The Morgan fingerprint density at radius 2 is 1.63 bits per heavy atom. The van der Waals surface area contributed by atoms with Gasteiger partial charge < -0.3 is 35.2 Å². The molecular weight excluding hydrogens is 584 g/mol. The monoisotopic (exact) mass is 630 g/mol. The van der Waals surface area contributed by atoms with E-state index in [2.05, 4.69) is 5.32 Å². The molecule has 1 atom stereocenters. The molecule has 0 saturated heterocycles. The molecule has 3 aromatic rings. The van der Waals surface area contributed by atoms with E-state index in [0.29, 0.717) is 41.8 Å². The van der Waals surface area contributed by atoms with Gasteiger partial charge in [-0.2, -0.15) is 0 Å². The maximum Gasteiger partial charge on any atom is 0.336 e. The molecule has 5 rings (SSSR count). The molecule has 1 aliphatic carbocycles. The van der Waals surface area contributed by atoms with Gasteiger partial charge in [0.2, 0.25) is 0 Å². The number of carbonyl (C=O) groups is 4. The molecule has 0 bridgehead atoms. The van der Waals surface area contributed by atoms with Crippen LogP contribution in [0.3, 0.4) is 0 Å². The Morgan fingerprint density at radius 1 is 0.957 bits per heavy atom. The molecule has 0 aromatic heterocycles. The van der Waals surface area contributed by atoms with Crippen LogP contribution in [-0.2, 0) is 30.5 Å². The van der Waals surface area contributed by atoms with Crippen LogP contribution in [-0.4, -0.2) is 37.5 Å². The Kier molecular flexibility index (Phi) is 16.9. The summed E-state index contributed by atoms with van der Waals surface area (Å²) in [7, 11) is 1.64. The molecule has 0 amide bonds. The van der Waals surface area contributed by atoms with E-state index in [1.807, 2.05) is 96.7 Å². The molecule has 2 aliphatic rings. The lowest BCUT2D eigenvalue weighted by Gasteiger charge is -2.32. The fourth-order valence-corrected chi connectivity index (χ4v) is 5.04. The molecule has 9 heteroatoms. The van der Waals surface area contributed by atoms with Crippen molar-refractivity contribution >= 4 is 31.0 Å². The van der Waals surface area contributed by atoms with Crippen molar-refractivity contribution in [3.8, 4) is 11.5 Å². The summed E-state index contributed by atoms with van der Waals surface area (Å²) < 4.78 is 11.0. The normalized spacial score (nSPS) is 14.6. The quantitative estimate of drug-likeness (QED) is 0.208. The van der Waals surface area contributed by atoms with Crippen molar-refractivity contribution in [2.45, 2.75) is 66.4 Å². The van der Waals surface area contributed by atoms with Gasteiger partial charge in [0, 0.05) is 41.4 Å². The Bertz CT molecular complexity index is 1510. The summed E-state index contributed by atoms with van der Waals surface area (Å²) in [5.41, 5.74) is 13.3. The molecule has 1 aliphatic heterocycles. The van der Waals surface area contributed by atoms with Crippen molar-refractivity contribution in [2.24, 2.45) is 0 Å². The number of para-hydroxylation sites is 1. The lowest BCUT2D eigenvalue weighted by atomic mass is 9.78. The molecule has 0 radical (unpaired) electrons. The molecule has 0 unspecified atom stereocenters. The van der Waals surface area contributed by atoms with Crippen LogP contribution in [0.15, 0.2) is 89.3 Å². The second-order valence-corrected chi connectivity index (χ2v) is 10.2. The topological polar surface area (TPSA) is 145 Å². The van der Waals surface area contributed by atoms with E-state index >= 15 is 0 Å². The van der Waals surface area contributed by atoms with E-state index < -0.39 is 5.97 Å². The van der Waals surface area contributed by atoms with Crippen molar-refractivity contribution in [2.75, 3.05) is 12.8 Å². The molecule has 1 heterocycles. The van der Waals surface area contributed by atoms with Crippen molar-refractivity contribution in [3.05, 3.63) is 112 Å². The standard InChI is InChI=1S/C26H28N2O4.C7H8O.C2H6.2CH2O/c1-15-10-17(8-9-22(15)27)14-32-26(30)20-13-21-23(28-16(20)2)11-18(12-24(21)29)19-6-4-5-7-25(19)31-3;1-6-3-2-4-7(8)5-6;3*1-2/h4-10,18,28H,11-14,27H2,1-3H3;2-5,8H,1H3;1-2H3;2*1H2/t18-;;;;/m1..../s1. The summed E-state index contributed by atoms with van der Waals surface area (Å²) >= 11 is 0. The fourth-order valence-electron chi connectivity index (χ4n) is 5.04. The number of Topliss-reactive ketones (excluding diaryl/α,β-unsaturated/α-hetero) is 1. The van der Waals surface area contributed by atoms with E-state index in [4.69, 9.17) is 29.9 Å². The summed E-state index contributed by atoms with van der Waals surface area (Å²) in [5.74, 6) is 0.821. The molecule has 0 spiro atoms. The maximum absolute atomic E-state index is 13.0. The van der Waals surface area contributed by atoms with Crippen LogP contribution in [0.5, 0.6) is 11.5 Å². The summed E-state index contributed by atoms with van der Waals surface area (Å²) in [5, 5.41) is 12.1. The number of ether oxygens (including phenoxy) is 2. The third-order valence-corrected chi connectivity index (χ3v) is 7.26. The third-order valence-electron chi connectivity index (χ3n) is 7.26. The highest BCUT2D eigenvalue weighted by Gasteiger charge is 2.34. The molecular formula is C37H46N2O7. The lowest BCUT2D eigenvalue weighted by molar-refractivity contribution is -0.140. The van der Waals surface area contributed by atoms with E-state index in [-0.39, 0.29) is 18.3 Å². The predicted octanol–water partition coefficient (Wildman–Crippen LogP) is 6.65. The number of nitrogens with one attached hydrogen (secondary N) is 1. The van der Waals surface area contributed by atoms with Crippen molar-refractivity contribution < 1.29 is 33.8 Å². The number of nitrogen functional groups attached to an aromatic ring is 1. The van der Waals surface area contributed by atoms with Crippen LogP contribution < -0.4 is 15.8 Å². The van der Waals surface area contributed by atoms with E-state index in [9.17, 15) is 9.59 Å².